The van der Waals surface area contributed by atoms with Crippen molar-refractivity contribution in [2.75, 3.05) is 18.0 Å². The number of nitriles is 2. The first-order valence-corrected chi connectivity index (χ1v) is 7.51. The summed E-state index contributed by atoms with van der Waals surface area (Å²) in [5.41, 5.74) is 1.29. The van der Waals surface area contributed by atoms with Gasteiger partial charge in [0.15, 0.2) is 6.19 Å². The van der Waals surface area contributed by atoms with Crippen molar-refractivity contribution in [2.24, 2.45) is 0 Å². The van der Waals surface area contributed by atoms with Gasteiger partial charge in [-0.15, -0.1) is 0 Å². The van der Waals surface area contributed by atoms with E-state index in [-0.39, 0.29) is 12.0 Å². The molecule has 0 spiro atoms. The molecule has 2 aliphatic rings. The molecule has 1 aliphatic carbocycles. The number of cyclic esters (lactones) is 1. The van der Waals surface area contributed by atoms with Gasteiger partial charge in [-0.3, -0.25) is 4.90 Å². The maximum atomic E-state index is 12.0. The third-order valence-corrected chi connectivity index (χ3v) is 4.23. The molecule has 122 valence electrons. The predicted molar refractivity (Wildman–Crippen MR) is 82.7 cm³/mol. The first-order valence-electron chi connectivity index (χ1n) is 7.51. The largest absolute Gasteiger partial charge is 0.442 e. The van der Waals surface area contributed by atoms with E-state index in [4.69, 9.17) is 10.00 Å². The fourth-order valence-corrected chi connectivity index (χ4v) is 2.69. The molecule has 0 radical (unpaired) electrons. The van der Waals surface area contributed by atoms with Crippen LogP contribution in [-0.4, -0.2) is 31.3 Å². The maximum Gasteiger partial charge on any atom is 0.414 e. The Labute approximate surface area is 138 Å². The van der Waals surface area contributed by atoms with Crippen LogP contribution < -0.4 is 15.5 Å². The van der Waals surface area contributed by atoms with Gasteiger partial charge in [0.25, 0.3) is 0 Å². The molecule has 8 heteroatoms. The van der Waals surface area contributed by atoms with Gasteiger partial charge in [-0.25, -0.2) is 14.9 Å². The Morgan fingerprint density at radius 3 is 2.62 bits per heavy atom. The molecule has 3 amide bonds. The van der Waals surface area contributed by atoms with Gasteiger partial charge in [-0.2, -0.15) is 10.5 Å². The number of urea groups is 1. The minimum atomic E-state index is -0.636. The van der Waals surface area contributed by atoms with Crippen molar-refractivity contribution in [3.63, 3.8) is 0 Å². The van der Waals surface area contributed by atoms with E-state index < -0.39 is 18.2 Å². The minimum absolute atomic E-state index is 0.116. The van der Waals surface area contributed by atoms with Gasteiger partial charge in [0.2, 0.25) is 0 Å². The lowest BCUT2D eigenvalue weighted by atomic mass is 9.97. The zero-order valence-corrected chi connectivity index (χ0v) is 12.8. The molecule has 0 aromatic heterocycles. The molecule has 0 bridgehead atoms. The van der Waals surface area contributed by atoms with Gasteiger partial charge in [0, 0.05) is 5.69 Å². The quantitative estimate of drug-likeness (QED) is 0.640. The van der Waals surface area contributed by atoms with E-state index in [0.29, 0.717) is 12.2 Å². The summed E-state index contributed by atoms with van der Waals surface area (Å²) in [6.45, 7) is 0.416. The van der Waals surface area contributed by atoms with Crippen LogP contribution in [-0.2, 0) is 10.2 Å². The van der Waals surface area contributed by atoms with Crippen LogP contribution in [0.2, 0.25) is 0 Å². The predicted octanol–water partition coefficient (Wildman–Crippen LogP) is 1.35. The van der Waals surface area contributed by atoms with Crippen molar-refractivity contribution in [3.8, 4) is 12.3 Å². The molecule has 1 heterocycles. The molecule has 0 unspecified atom stereocenters. The Kier molecular flexibility index (Phi) is 3.97. The number of carbonyl (C=O) groups excluding carboxylic acids is 2. The number of nitrogens with zero attached hydrogens (tertiary/aromatic N) is 3. The van der Waals surface area contributed by atoms with Gasteiger partial charge >= 0.3 is 12.1 Å². The highest BCUT2D eigenvalue weighted by Crippen LogP contribution is 2.47. The molecule has 1 aliphatic heterocycles. The lowest BCUT2D eigenvalue weighted by molar-refractivity contribution is 0.140. The summed E-state index contributed by atoms with van der Waals surface area (Å²) in [5, 5.41) is 21.9. The van der Waals surface area contributed by atoms with Gasteiger partial charge in [0.05, 0.1) is 24.6 Å². The molecule has 1 atom stereocenters. The number of nitrogens with one attached hydrogen (secondary N) is 2. The lowest BCUT2D eigenvalue weighted by Gasteiger charge is -2.14. The SMILES string of the molecule is N#CNC(=O)NC[C@H]1CN(c2ccc(C3(C#N)CC3)cc2)C(=O)O1. The van der Waals surface area contributed by atoms with E-state index in [9.17, 15) is 14.9 Å². The molecule has 1 aromatic carbocycles. The highest BCUT2D eigenvalue weighted by atomic mass is 16.6. The van der Waals surface area contributed by atoms with Crippen LogP contribution in [0.3, 0.4) is 0 Å². The third-order valence-electron chi connectivity index (χ3n) is 4.23. The summed E-state index contributed by atoms with van der Waals surface area (Å²) in [5.74, 6) is 0. The number of benzene rings is 1. The molecule has 2 N–H and O–H groups in total. The van der Waals surface area contributed by atoms with Crippen LogP contribution in [0.1, 0.15) is 18.4 Å². The molecule has 2 fully saturated rings. The Morgan fingerprint density at radius 1 is 1.33 bits per heavy atom. The first-order chi connectivity index (χ1) is 11.6. The number of hydrogen-bond donors (Lipinski definition) is 2. The standard InChI is InChI=1S/C16H15N5O3/c17-9-16(5-6-16)11-1-3-12(4-2-11)21-8-13(24-15(21)23)7-19-14(22)20-10-18/h1-4,13H,5-8H2,(H2,19,20,22)/t13-/m0/s1. The average Bonchev–Trinajstić information content (AvgIpc) is 3.30. The summed E-state index contributed by atoms with van der Waals surface area (Å²) < 4.78 is 5.20. The van der Waals surface area contributed by atoms with Crippen LogP contribution in [0.4, 0.5) is 15.3 Å². The summed E-state index contributed by atoms with van der Waals surface area (Å²) in [6.07, 6.45) is 2.27. The van der Waals surface area contributed by atoms with E-state index >= 15 is 0 Å². The number of hydrogen-bond acceptors (Lipinski definition) is 5. The van der Waals surface area contributed by atoms with Gasteiger partial charge in [-0.1, -0.05) is 12.1 Å². The smallest absolute Gasteiger partial charge is 0.414 e. The second kappa shape index (κ2) is 6.09. The van der Waals surface area contributed by atoms with Crippen LogP contribution in [0, 0.1) is 22.8 Å². The highest BCUT2D eigenvalue weighted by Gasteiger charge is 2.44. The van der Waals surface area contributed by atoms with E-state index in [2.05, 4.69) is 11.4 Å². The highest BCUT2D eigenvalue weighted by molar-refractivity contribution is 5.89. The number of ether oxygens (including phenoxy) is 1. The van der Waals surface area contributed by atoms with Crippen molar-refractivity contribution in [1.82, 2.24) is 10.6 Å². The molecule has 3 rings (SSSR count). The topological polar surface area (TPSA) is 118 Å². The summed E-state index contributed by atoms with van der Waals surface area (Å²) in [6, 6.07) is 9.03. The first kappa shape index (κ1) is 15.6. The normalized spacial score (nSPS) is 20.5. The third kappa shape index (κ3) is 2.95. The molecule has 1 aromatic rings. The molecule has 1 saturated heterocycles. The van der Waals surface area contributed by atoms with E-state index in [1.54, 1.807) is 12.1 Å². The van der Waals surface area contributed by atoms with Crippen LogP contribution in [0.15, 0.2) is 24.3 Å². The van der Waals surface area contributed by atoms with Gasteiger partial charge in [-0.05, 0) is 30.5 Å². The Balaban J connectivity index is 1.61. The van der Waals surface area contributed by atoms with Crippen LogP contribution >= 0.6 is 0 Å². The molecule has 1 saturated carbocycles. The summed E-state index contributed by atoms with van der Waals surface area (Å²) >= 11 is 0. The Bertz CT molecular complexity index is 742. The minimum Gasteiger partial charge on any atom is -0.442 e. The number of carbonyl (C=O) groups is 2. The zero-order valence-electron chi connectivity index (χ0n) is 12.8. The Morgan fingerprint density at radius 2 is 2.04 bits per heavy atom. The van der Waals surface area contributed by atoms with Crippen molar-refractivity contribution in [2.45, 2.75) is 24.4 Å². The molecule has 8 nitrogen and oxygen atoms in total. The van der Waals surface area contributed by atoms with Crippen molar-refractivity contribution in [3.05, 3.63) is 29.8 Å². The average molecular weight is 325 g/mol. The summed E-state index contributed by atoms with van der Waals surface area (Å²) in [4.78, 5) is 24.6. The van der Waals surface area contributed by atoms with Crippen LogP contribution in [0.5, 0.6) is 0 Å². The summed E-state index contributed by atoms with van der Waals surface area (Å²) in [7, 11) is 0. The number of anilines is 1. The number of rotatable bonds is 4. The van der Waals surface area contributed by atoms with Crippen molar-refractivity contribution >= 4 is 17.8 Å². The molecular formula is C16H15N5O3. The van der Waals surface area contributed by atoms with E-state index in [0.717, 1.165) is 18.4 Å². The van der Waals surface area contributed by atoms with Crippen molar-refractivity contribution < 1.29 is 14.3 Å². The molecule has 24 heavy (non-hydrogen) atoms. The Hall–Kier alpha value is -3.26. The van der Waals surface area contributed by atoms with Gasteiger partial charge in [0.1, 0.15) is 6.10 Å². The van der Waals surface area contributed by atoms with Crippen molar-refractivity contribution in [1.29, 1.82) is 10.5 Å². The van der Waals surface area contributed by atoms with Crippen LogP contribution in [0.25, 0.3) is 0 Å². The fraction of sp³-hybridized carbons (Fsp3) is 0.375. The lowest BCUT2D eigenvalue weighted by Crippen LogP contribution is -2.39. The monoisotopic (exact) mass is 325 g/mol. The number of amides is 3. The second-order valence-corrected chi connectivity index (χ2v) is 5.80. The van der Waals surface area contributed by atoms with Gasteiger partial charge < -0.3 is 10.1 Å². The van der Waals surface area contributed by atoms with E-state index in [1.807, 2.05) is 17.4 Å². The second-order valence-electron chi connectivity index (χ2n) is 5.80. The zero-order chi connectivity index (χ0) is 17.2. The molecular weight excluding hydrogens is 310 g/mol. The fourth-order valence-electron chi connectivity index (χ4n) is 2.69. The maximum absolute atomic E-state index is 12.0. The van der Waals surface area contributed by atoms with E-state index in [1.165, 1.54) is 11.1 Å².